The van der Waals surface area contributed by atoms with E-state index in [9.17, 15) is 8.42 Å². The second-order valence-electron chi connectivity index (χ2n) is 9.19. The third kappa shape index (κ3) is 6.28. The molecule has 0 spiro atoms. The van der Waals surface area contributed by atoms with E-state index in [2.05, 4.69) is 74.0 Å². The van der Waals surface area contributed by atoms with Crippen LogP contribution < -0.4 is 4.72 Å². The van der Waals surface area contributed by atoms with Crippen LogP contribution in [-0.2, 0) is 15.4 Å². The Morgan fingerprint density at radius 3 is 1.97 bits per heavy atom. The Balaban J connectivity index is 1.69. The fourth-order valence-corrected chi connectivity index (χ4v) is 4.81. The number of aryl methyl sites for hydroxylation is 1. The Kier molecular flexibility index (Phi) is 7.34. The van der Waals surface area contributed by atoms with Gasteiger partial charge >= 0.3 is 0 Å². The average Bonchev–Trinajstić information content (AvgIpc) is 2.74. The van der Waals surface area contributed by atoms with E-state index < -0.39 is 10.0 Å². The molecule has 0 bridgehead atoms. The summed E-state index contributed by atoms with van der Waals surface area (Å²) in [5.74, 6) is 0.235. The van der Waals surface area contributed by atoms with Crippen LogP contribution in [0.4, 0.5) is 0 Å². The lowest BCUT2D eigenvalue weighted by Crippen LogP contribution is -2.25. The lowest BCUT2D eigenvalue weighted by Gasteiger charge is -2.22. The molecule has 0 aliphatic rings. The molecule has 3 aromatic rings. The first-order valence-corrected chi connectivity index (χ1v) is 12.4. The maximum absolute atomic E-state index is 12.5. The quantitative estimate of drug-likeness (QED) is 0.429. The average molecular weight is 436 g/mol. The van der Waals surface area contributed by atoms with Crippen molar-refractivity contribution in [3.05, 3.63) is 101 Å². The molecular formula is C27H33NO2S. The molecule has 1 unspecified atom stereocenters. The summed E-state index contributed by atoms with van der Waals surface area (Å²) in [6.07, 6.45) is 1.63. The molecule has 1 N–H and O–H groups in total. The molecular weight excluding hydrogens is 402 g/mol. The lowest BCUT2D eigenvalue weighted by molar-refractivity contribution is 0.572. The molecule has 0 radical (unpaired) electrons. The van der Waals surface area contributed by atoms with Crippen molar-refractivity contribution in [1.82, 2.24) is 4.72 Å². The minimum absolute atomic E-state index is 0.120. The van der Waals surface area contributed by atoms with Gasteiger partial charge in [0.25, 0.3) is 0 Å². The molecule has 0 heterocycles. The minimum atomic E-state index is -3.48. The Morgan fingerprint density at radius 2 is 1.39 bits per heavy atom. The summed E-state index contributed by atoms with van der Waals surface area (Å²) in [6.45, 7) is 9.02. The second-order valence-corrected chi connectivity index (χ2v) is 11.0. The van der Waals surface area contributed by atoms with E-state index in [0.717, 1.165) is 18.4 Å². The van der Waals surface area contributed by atoms with Gasteiger partial charge < -0.3 is 0 Å². The van der Waals surface area contributed by atoms with Gasteiger partial charge in [-0.15, -0.1) is 0 Å². The van der Waals surface area contributed by atoms with Crippen LogP contribution in [0.25, 0.3) is 0 Å². The molecule has 0 aromatic heterocycles. The monoisotopic (exact) mass is 435 g/mol. The minimum Gasteiger partial charge on any atom is -0.211 e. The number of hydrogen-bond acceptors (Lipinski definition) is 2. The van der Waals surface area contributed by atoms with E-state index >= 15 is 0 Å². The Morgan fingerprint density at radius 1 is 0.806 bits per heavy atom. The van der Waals surface area contributed by atoms with Gasteiger partial charge in [-0.2, -0.15) is 0 Å². The molecule has 0 saturated heterocycles. The van der Waals surface area contributed by atoms with Gasteiger partial charge in [-0.3, -0.25) is 0 Å². The van der Waals surface area contributed by atoms with E-state index in [1.165, 1.54) is 16.7 Å². The second kappa shape index (κ2) is 9.80. The van der Waals surface area contributed by atoms with Crippen molar-refractivity contribution in [2.24, 2.45) is 0 Å². The SMILES string of the molecule is Cc1ccc(S(=O)(=O)NCCCC(c2ccccc2)c2ccc(C(C)(C)C)cc2)cc1. The smallest absolute Gasteiger partial charge is 0.211 e. The van der Waals surface area contributed by atoms with Crippen molar-refractivity contribution >= 4 is 10.0 Å². The van der Waals surface area contributed by atoms with Gasteiger partial charge in [0.1, 0.15) is 0 Å². The van der Waals surface area contributed by atoms with Crippen LogP contribution in [0.5, 0.6) is 0 Å². The highest BCUT2D eigenvalue weighted by Crippen LogP contribution is 2.31. The normalized spacial score (nSPS) is 13.2. The highest BCUT2D eigenvalue weighted by molar-refractivity contribution is 7.89. The molecule has 4 heteroatoms. The molecule has 0 aliphatic heterocycles. The lowest BCUT2D eigenvalue weighted by atomic mass is 9.83. The van der Waals surface area contributed by atoms with Crippen LogP contribution in [0.2, 0.25) is 0 Å². The van der Waals surface area contributed by atoms with Crippen molar-refractivity contribution < 1.29 is 8.42 Å². The van der Waals surface area contributed by atoms with E-state index in [1.807, 2.05) is 25.1 Å². The zero-order valence-corrected chi connectivity index (χ0v) is 19.7. The van der Waals surface area contributed by atoms with Gasteiger partial charge in [0, 0.05) is 12.5 Å². The predicted molar refractivity (Wildman–Crippen MR) is 129 cm³/mol. The third-order valence-corrected chi connectivity index (χ3v) is 7.15. The molecule has 3 aromatic carbocycles. The van der Waals surface area contributed by atoms with E-state index in [1.54, 1.807) is 12.1 Å². The first-order chi connectivity index (χ1) is 14.7. The first kappa shape index (κ1) is 23.2. The summed E-state index contributed by atoms with van der Waals surface area (Å²) in [6, 6.07) is 26.3. The topological polar surface area (TPSA) is 46.2 Å². The van der Waals surface area contributed by atoms with E-state index in [0.29, 0.717) is 11.4 Å². The summed E-state index contributed by atoms with van der Waals surface area (Å²) in [4.78, 5) is 0.315. The molecule has 31 heavy (non-hydrogen) atoms. The third-order valence-electron chi connectivity index (χ3n) is 5.67. The van der Waals surface area contributed by atoms with Crippen LogP contribution in [0.1, 0.15) is 61.8 Å². The van der Waals surface area contributed by atoms with E-state index in [-0.39, 0.29) is 11.3 Å². The van der Waals surface area contributed by atoms with Gasteiger partial charge in [-0.1, -0.05) is 93.1 Å². The summed E-state index contributed by atoms with van der Waals surface area (Å²) in [7, 11) is -3.48. The Hall–Kier alpha value is -2.43. The van der Waals surface area contributed by atoms with Crippen LogP contribution in [0.15, 0.2) is 83.8 Å². The fraction of sp³-hybridized carbons (Fsp3) is 0.333. The van der Waals surface area contributed by atoms with Crippen LogP contribution in [0.3, 0.4) is 0 Å². The van der Waals surface area contributed by atoms with Gasteiger partial charge in [-0.05, 0) is 54.0 Å². The number of rotatable bonds is 8. The molecule has 0 fully saturated rings. The Bertz CT molecular complexity index is 1060. The number of sulfonamides is 1. The molecule has 0 aliphatic carbocycles. The van der Waals surface area contributed by atoms with Crippen LogP contribution in [-0.4, -0.2) is 15.0 Å². The summed E-state index contributed by atoms with van der Waals surface area (Å²) >= 11 is 0. The van der Waals surface area contributed by atoms with Gasteiger partial charge in [0.05, 0.1) is 4.90 Å². The Labute approximate surface area is 187 Å². The number of nitrogens with one attached hydrogen (secondary N) is 1. The highest BCUT2D eigenvalue weighted by Gasteiger charge is 2.18. The maximum Gasteiger partial charge on any atom is 0.240 e. The van der Waals surface area contributed by atoms with Gasteiger partial charge in [-0.25, -0.2) is 13.1 Å². The number of hydrogen-bond donors (Lipinski definition) is 1. The maximum atomic E-state index is 12.5. The summed E-state index contributed by atoms with van der Waals surface area (Å²) in [5.41, 5.74) is 5.00. The van der Waals surface area contributed by atoms with Crippen molar-refractivity contribution in [2.45, 2.75) is 56.8 Å². The van der Waals surface area contributed by atoms with Crippen molar-refractivity contribution in [1.29, 1.82) is 0 Å². The molecule has 3 rings (SSSR count). The molecule has 1 atom stereocenters. The molecule has 0 amide bonds. The van der Waals surface area contributed by atoms with Gasteiger partial charge in [0.15, 0.2) is 0 Å². The fourth-order valence-electron chi connectivity index (χ4n) is 3.74. The van der Waals surface area contributed by atoms with Crippen LogP contribution >= 0.6 is 0 Å². The summed E-state index contributed by atoms with van der Waals surface area (Å²) in [5, 5.41) is 0. The predicted octanol–water partition coefficient (Wildman–Crippen LogP) is 6.18. The van der Waals surface area contributed by atoms with Crippen molar-refractivity contribution in [3.63, 3.8) is 0 Å². The van der Waals surface area contributed by atoms with Crippen molar-refractivity contribution in [3.8, 4) is 0 Å². The first-order valence-electron chi connectivity index (χ1n) is 10.9. The van der Waals surface area contributed by atoms with Gasteiger partial charge in [0.2, 0.25) is 10.0 Å². The largest absolute Gasteiger partial charge is 0.240 e. The zero-order chi connectivity index (χ0) is 22.5. The molecule has 0 saturated carbocycles. The highest BCUT2D eigenvalue weighted by atomic mass is 32.2. The molecule has 3 nitrogen and oxygen atoms in total. The number of benzene rings is 3. The molecule has 164 valence electrons. The van der Waals surface area contributed by atoms with Crippen LogP contribution in [0, 0.1) is 6.92 Å². The van der Waals surface area contributed by atoms with E-state index in [4.69, 9.17) is 0 Å². The zero-order valence-electron chi connectivity index (χ0n) is 18.9. The van der Waals surface area contributed by atoms with Crippen molar-refractivity contribution in [2.75, 3.05) is 6.54 Å². The standard InChI is InChI=1S/C27H33NO2S/c1-21-12-18-25(19-13-21)31(29,30)28-20-8-11-26(22-9-6-5-7-10-22)23-14-16-24(17-15-23)27(2,3)4/h5-7,9-10,12-19,26,28H,8,11,20H2,1-4H3. The summed E-state index contributed by atoms with van der Waals surface area (Å²) < 4.78 is 27.9.